The average molecular weight is 535 g/mol. The average Bonchev–Trinajstić information content (AvgIpc) is 2.95. The zero-order chi connectivity index (χ0) is 28.2. The SMILES string of the molecule is CCCC[C@H]1C(=O)N(Cc2ccc(OC)cc2)CC2N1C(=O)CN(CC#N)N2C=O.CNCc1ccccc1. The Kier molecular flexibility index (Phi) is 11.3. The van der Waals surface area contributed by atoms with Crippen molar-refractivity contribution in [2.45, 2.75) is 51.5 Å². The Bertz CT molecular complexity index is 1120. The maximum Gasteiger partial charge on any atom is 0.245 e. The summed E-state index contributed by atoms with van der Waals surface area (Å²) in [5.41, 5.74) is 2.26. The summed E-state index contributed by atoms with van der Waals surface area (Å²) >= 11 is 0. The normalized spacial score (nSPS) is 19.1. The molecule has 208 valence electrons. The lowest BCUT2D eigenvalue weighted by molar-refractivity contribution is -0.199. The molecule has 0 radical (unpaired) electrons. The number of hydrazine groups is 1. The maximum absolute atomic E-state index is 13.3. The second kappa shape index (κ2) is 14.9. The minimum Gasteiger partial charge on any atom is -0.497 e. The van der Waals surface area contributed by atoms with E-state index in [2.05, 4.69) is 17.4 Å². The number of fused-ring (bicyclic) bond motifs is 1. The van der Waals surface area contributed by atoms with E-state index < -0.39 is 12.2 Å². The molecule has 0 bridgehead atoms. The van der Waals surface area contributed by atoms with Crippen LogP contribution in [0.2, 0.25) is 0 Å². The summed E-state index contributed by atoms with van der Waals surface area (Å²) in [7, 11) is 3.55. The van der Waals surface area contributed by atoms with E-state index in [1.54, 1.807) is 16.9 Å². The van der Waals surface area contributed by atoms with E-state index >= 15 is 0 Å². The van der Waals surface area contributed by atoms with Gasteiger partial charge in [-0.1, -0.05) is 62.2 Å². The fourth-order valence-corrected chi connectivity index (χ4v) is 4.88. The second-order valence-corrected chi connectivity index (χ2v) is 9.49. The van der Waals surface area contributed by atoms with Crippen LogP contribution >= 0.6 is 0 Å². The first kappa shape index (κ1) is 29.6. The number of ether oxygens (including phenoxy) is 1. The lowest BCUT2D eigenvalue weighted by atomic mass is 10.0. The molecule has 2 fully saturated rings. The molecule has 3 amide bonds. The summed E-state index contributed by atoms with van der Waals surface area (Å²) in [4.78, 5) is 41.3. The van der Waals surface area contributed by atoms with Gasteiger partial charge in [-0.2, -0.15) is 10.3 Å². The molecule has 2 aliphatic rings. The van der Waals surface area contributed by atoms with Gasteiger partial charge >= 0.3 is 0 Å². The van der Waals surface area contributed by atoms with Crippen molar-refractivity contribution in [2.24, 2.45) is 0 Å². The summed E-state index contributed by atoms with van der Waals surface area (Å²) in [5.74, 6) is 0.392. The molecule has 1 unspecified atom stereocenters. The monoisotopic (exact) mass is 534 g/mol. The first-order valence-electron chi connectivity index (χ1n) is 13.2. The van der Waals surface area contributed by atoms with Crippen molar-refractivity contribution in [3.05, 3.63) is 65.7 Å². The molecular weight excluding hydrogens is 496 g/mol. The van der Waals surface area contributed by atoms with Crippen LogP contribution in [0.3, 0.4) is 0 Å². The molecule has 39 heavy (non-hydrogen) atoms. The van der Waals surface area contributed by atoms with Gasteiger partial charge in [-0.3, -0.25) is 19.4 Å². The van der Waals surface area contributed by atoms with Crippen LogP contribution in [0.15, 0.2) is 54.6 Å². The summed E-state index contributed by atoms with van der Waals surface area (Å²) < 4.78 is 5.19. The number of nitriles is 1. The van der Waals surface area contributed by atoms with Crippen LogP contribution < -0.4 is 10.1 Å². The van der Waals surface area contributed by atoms with Crippen molar-refractivity contribution in [3.8, 4) is 11.8 Å². The number of rotatable bonds is 10. The molecule has 2 aromatic carbocycles. The molecule has 1 N–H and O–H groups in total. The van der Waals surface area contributed by atoms with Crippen LogP contribution in [-0.2, 0) is 27.5 Å². The number of unbranched alkanes of at least 4 members (excludes halogenated alkanes) is 1. The van der Waals surface area contributed by atoms with Crippen LogP contribution in [0.4, 0.5) is 0 Å². The smallest absolute Gasteiger partial charge is 0.245 e. The van der Waals surface area contributed by atoms with Crippen molar-refractivity contribution in [2.75, 3.05) is 33.8 Å². The van der Waals surface area contributed by atoms with Gasteiger partial charge in [0.25, 0.3) is 0 Å². The van der Waals surface area contributed by atoms with Gasteiger partial charge < -0.3 is 19.9 Å². The predicted molar refractivity (Wildman–Crippen MR) is 147 cm³/mol. The molecule has 2 heterocycles. The number of nitrogens with zero attached hydrogens (tertiary/aromatic N) is 5. The van der Waals surface area contributed by atoms with Gasteiger partial charge in [0.2, 0.25) is 18.2 Å². The molecule has 4 rings (SSSR count). The van der Waals surface area contributed by atoms with E-state index in [4.69, 9.17) is 10.00 Å². The van der Waals surface area contributed by atoms with Crippen molar-refractivity contribution >= 4 is 18.2 Å². The Morgan fingerprint density at radius 1 is 1.10 bits per heavy atom. The zero-order valence-corrected chi connectivity index (χ0v) is 23.0. The van der Waals surface area contributed by atoms with Crippen LogP contribution in [0.25, 0.3) is 0 Å². The molecule has 2 aliphatic heterocycles. The Balaban J connectivity index is 0.000000395. The Morgan fingerprint density at radius 3 is 2.41 bits per heavy atom. The third-order valence-corrected chi connectivity index (χ3v) is 6.82. The molecule has 0 saturated carbocycles. The van der Waals surface area contributed by atoms with E-state index in [0.717, 1.165) is 30.7 Å². The number of hydrogen-bond donors (Lipinski definition) is 1. The van der Waals surface area contributed by atoms with Gasteiger partial charge in [-0.15, -0.1) is 0 Å². The summed E-state index contributed by atoms with van der Waals surface area (Å²) in [5, 5.41) is 15.0. The molecule has 0 aromatic heterocycles. The second-order valence-electron chi connectivity index (χ2n) is 9.49. The highest BCUT2D eigenvalue weighted by atomic mass is 16.5. The van der Waals surface area contributed by atoms with Crippen molar-refractivity contribution in [1.29, 1.82) is 5.26 Å². The summed E-state index contributed by atoms with van der Waals surface area (Å²) in [6, 6.07) is 19.2. The summed E-state index contributed by atoms with van der Waals surface area (Å²) in [6.45, 7) is 3.40. The first-order chi connectivity index (χ1) is 19.0. The number of carbonyl (C=O) groups is 3. The largest absolute Gasteiger partial charge is 0.497 e. The minimum atomic E-state index is -0.616. The van der Waals surface area contributed by atoms with Gasteiger partial charge in [-0.25, -0.2) is 0 Å². The van der Waals surface area contributed by atoms with Gasteiger partial charge in [0.1, 0.15) is 24.5 Å². The van der Waals surface area contributed by atoms with Gasteiger partial charge in [-0.05, 0) is 36.7 Å². The predicted octanol–water partition coefficient (Wildman–Crippen LogP) is 2.37. The Hall–Kier alpha value is -3.94. The minimum absolute atomic E-state index is 0.0686. The van der Waals surface area contributed by atoms with Crippen molar-refractivity contribution < 1.29 is 19.1 Å². The number of hydrogen-bond acceptors (Lipinski definition) is 7. The molecule has 2 atom stereocenters. The van der Waals surface area contributed by atoms with Gasteiger partial charge in [0.05, 0.1) is 26.3 Å². The zero-order valence-electron chi connectivity index (χ0n) is 23.0. The summed E-state index contributed by atoms with van der Waals surface area (Å²) in [6.07, 6.45) is 2.26. The van der Waals surface area contributed by atoms with Crippen LogP contribution in [0.1, 0.15) is 37.3 Å². The molecule has 10 heteroatoms. The molecule has 10 nitrogen and oxygen atoms in total. The fourth-order valence-electron chi connectivity index (χ4n) is 4.88. The highest BCUT2D eigenvalue weighted by molar-refractivity contribution is 5.90. The Morgan fingerprint density at radius 2 is 1.82 bits per heavy atom. The molecular formula is C29H38N6O4. The topological polar surface area (TPSA) is 109 Å². The lowest BCUT2D eigenvalue weighted by Gasteiger charge is -2.54. The molecule has 0 spiro atoms. The van der Waals surface area contributed by atoms with E-state index in [1.165, 1.54) is 15.6 Å². The van der Waals surface area contributed by atoms with E-state index in [0.29, 0.717) is 19.4 Å². The van der Waals surface area contributed by atoms with E-state index in [9.17, 15) is 14.4 Å². The Labute approximate surface area is 230 Å². The van der Waals surface area contributed by atoms with Gasteiger partial charge in [0.15, 0.2) is 0 Å². The van der Waals surface area contributed by atoms with E-state index in [-0.39, 0.29) is 31.4 Å². The number of amides is 3. The van der Waals surface area contributed by atoms with Gasteiger partial charge in [0, 0.05) is 13.1 Å². The molecule has 0 aliphatic carbocycles. The highest BCUT2D eigenvalue weighted by Gasteiger charge is 2.49. The van der Waals surface area contributed by atoms with E-state index in [1.807, 2.05) is 62.5 Å². The van der Waals surface area contributed by atoms with Crippen molar-refractivity contribution in [1.82, 2.24) is 25.1 Å². The highest BCUT2D eigenvalue weighted by Crippen LogP contribution is 2.28. The quantitative estimate of drug-likeness (QED) is 0.368. The lowest BCUT2D eigenvalue weighted by Crippen LogP contribution is -2.74. The number of benzene rings is 2. The maximum atomic E-state index is 13.3. The molecule has 2 saturated heterocycles. The third-order valence-electron chi connectivity index (χ3n) is 6.82. The fraction of sp³-hybridized carbons (Fsp3) is 0.448. The number of piperazine rings is 1. The van der Waals surface area contributed by atoms with Crippen LogP contribution in [-0.4, -0.2) is 84.0 Å². The van der Waals surface area contributed by atoms with Crippen LogP contribution in [0.5, 0.6) is 5.75 Å². The standard InChI is InChI=1S/C21H27N5O4.C8H11N/c1-3-4-5-18-21(29)23(12-16-6-8-17(30-2)9-7-16)13-19-25(15-27)24(11-10-22)14-20(28)26(18)19;1-9-7-8-5-3-2-4-6-8/h6-9,15,18-19H,3-5,11-14H2,1-2H3;2-6,9H,7H2,1H3/t18-,19?;/m0./s1. The molecule has 2 aromatic rings. The number of methoxy groups -OCH3 is 1. The van der Waals surface area contributed by atoms with Crippen molar-refractivity contribution in [3.63, 3.8) is 0 Å². The third kappa shape index (κ3) is 7.56. The number of nitrogens with one attached hydrogen (secondary N) is 1. The first-order valence-corrected chi connectivity index (χ1v) is 13.2. The number of carbonyl (C=O) groups excluding carboxylic acids is 3. The van der Waals surface area contributed by atoms with Crippen LogP contribution in [0, 0.1) is 11.3 Å².